The Hall–Kier alpha value is -2.05. The van der Waals surface area contributed by atoms with Crippen molar-refractivity contribution in [3.63, 3.8) is 0 Å². The van der Waals surface area contributed by atoms with Gasteiger partial charge in [-0.25, -0.2) is 8.42 Å². The fraction of sp³-hybridized carbons (Fsp3) is 0.316. The van der Waals surface area contributed by atoms with Crippen molar-refractivity contribution in [2.45, 2.75) is 32.9 Å². The molecule has 140 valence electrons. The molecule has 0 saturated carbocycles. The lowest BCUT2D eigenvalue weighted by Crippen LogP contribution is -2.49. The van der Waals surface area contributed by atoms with Crippen molar-refractivity contribution in [2.75, 3.05) is 10.6 Å². The van der Waals surface area contributed by atoms with Gasteiger partial charge >= 0.3 is 0 Å². The van der Waals surface area contributed by atoms with Crippen molar-refractivity contribution >= 4 is 33.2 Å². The summed E-state index contributed by atoms with van der Waals surface area (Å²) in [6.07, 6.45) is 1.42. The van der Waals surface area contributed by atoms with E-state index < -0.39 is 16.1 Å². The van der Waals surface area contributed by atoms with Crippen LogP contribution >= 0.6 is 11.6 Å². The zero-order valence-electron chi connectivity index (χ0n) is 15.1. The lowest BCUT2D eigenvalue weighted by molar-refractivity contribution is -0.122. The Kier molecular flexibility index (Phi) is 6.67. The molecule has 0 aliphatic heterocycles. The Labute approximate surface area is 160 Å². The normalized spacial score (nSPS) is 12.5. The van der Waals surface area contributed by atoms with Gasteiger partial charge in [0.1, 0.15) is 6.04 Å². The van der Waals surface area contributed by atoms with Crippen LogP contribution in [0.2, 0.25) is 5.02 Å². The molecule has 1 atom stereocenters. The van der Waals surface area contributed by atoms with E-state index in [4.69, 9.17) is 11.6 Å². The van der Waals surface area contributed by atoms with Gasteiger partial charge in [-0.2, -0.15) is 0 Å². The third kappa shape index (κ3) is 4.99. The maximum atomic E-state index is 12.8. The zero-order valence-corrected chi connectivity index (χ0v) is 16.6. The molecule has 0 fully saturated rings. The van der Waals surface area contributed by atoms with Crippen LogP contribution < -0.4 is 9.62 Å². The third-order valence-electron chi connectivity index (χ3n) is 4.11. The number of halogens is 1. The average Bonchev–Trinajstić information content (AvgIpc) is 2.57. The standard InChI is InChI=1S/C19H23ClN2O3S/c1-4-18(19(23)21-13-15-9-6-5-8-14(15)2)22(26(3,24)25)17-11-7-10-16(20)12-17/h5-12,18H,4,13H2,1-3H3,(H,21,23). The van der Waals surface area contributed by atoms with Gasteiger partial charge in [0.25, 0.3) is 0 Å². The number of hydrogen-bond acceptors (Lipinski definition) is 3. The second kappa shape index (κ2) is 8.56. The van der Waals surface area contributed by atoms with Crippen LogP contribution in [-0.4, -0.2) is 26.6 Å². The largest absolute Gasteiger partial charge is 0.350 e. The van der Waals surface area contributed by atoms with Crippen LogP contribution in [0.3, 0.4) is 0 Å². The van der Waals surface area contributed by atoms with Crippen LogP contribution in [0.25, 0.3) is 0 Å². The molecule has 0 heterocycles. The summed E-state index contributed by atoms with van der Waals surface area (Å²) >= 11 is 6.00. The Morgan fingerprint density at radius 1 is 1.19 bits per heavy atom. The predicted octanol–water partition coefficient (Wildman–Crippen LogP) is 3.51. The molecule has 1 N–H and O–H groups in total. The smallest absolute Gasteiger partial charge is 0.244 e. The number of aryl methyl sites for hydroxylation is 1. The van der Waals surface area contributed by atoms with E-state index in [9.17, 15) is 13.2 Å². The number of benzene rings is 2. The number of amides is 1. The number of nitrogens with one attached hydrogen (secondary N) is 1. The molecule has 26 heavy (non-hydrogen) atoms. The fourth-order valence-corrected chi connectivity index (χ4v) is 4.17. The third-order valence-corrected chi connectivity index (χ3v) is 5.52. The van der Waals surface area contributed by atoms with E-state index in [2.05, 4.69) is 5.32 Å². The summed E-state index contributed by atoms with van der Waals surface area (Å²) in [5, 5.41) is 3.26. The molecule has 0 aliphatic carbocycles. The van der Waals surface area contributed by atoms with Crippen LogP contribution in [0, 0.1) is 6.92 Å². The molecular weight excluding hydrogens is 372 g/mol. The first-order valence-electron chi connectivity index (χ1n) is 8.31. The zero-order chi connectivity index (χ0) is 19.3. The number of hydrogen-bond donors (Lipinski definition) is 1. The Morgan fingerprint density at radius 2 is 1.88 bits per heavy atom. The molecule has 1 unspecified atom stereocenters. The highest BCUT2D eigenvalue weighted by molar-refractivity contribution is 7.92. The van der Waals surface area contributed by atoms with E-state index in [1.54, 1.807) is 31.2 Å². The van der Waals surface area contributed by atoms with E-state index in [0.29, 0.717) is 23.7 Å². The molecule has 1 amide bonds. The van der Waals surface area contributed by atoms with Crippen LogP contribution in [0.4, 0.5) is 5.69 Å². The predicted molar refractivity (Wildman–Crippen MR) is 106 cm³/mol. The number of nitrogens with zero attached hydrogens (tertiary/aromatic N) is 1. The van der Waals surface area contributed by atoms with Gasteiger partial charge in [-0.1, -0.05) is 48.9 Å². The van der Waals surface area contributed by atoms with Crippen molar-refractivity contribution in [3.8, 4) is 0 Å². The average molecular weight is 395 g/mol. The molecule has 5 nitrogen and oxygen atoms in total. The molecule has 0 aliphatic rings. The summed E-state index contributed by atoms with van der Waals surface area (Å²) in [5.74, 6) is -0.346. The van der Waals surface area contributed by atoms with Gasteiger partial charge in [-0.05, 0) is 42.7 Å². The highest BCUT2D eigenvalue weighted by Gasteiger charge is 2.31. The Balaban J connectivity index is 2.27. The van der Waals surface area contributed by atoms with E-state index >= 15 is 0 Å². The van der Waals surface area contributed by atoms with Gasteiger partial charge in [0.05, 0.1) is 11.9 Å². The van der Waals surface area contributed by atoms with Crippen molar-refractivity contribution < 1.29 is 13.2 Å². The number of rotatable bonds is 7. The lowest BCUT2D eigenvalue weighted by Gasteiger charge is -2.30. The Bertz CT molecular complexity index is 884. The number of carbonyl (C=O) groups excluding carboxylic acids is 1. The van der Waals surface area contributed by atoms with E-state index in [1.165, 1.54) is 0 Å². The number of carbonyl (C=O) groups is 1. The molecule has 0 aromatic heterocycles. The molecule has 0 saturated heterocycles. The second-order valence-corrected chi connectivity index (χ2v) is 8.40. The van der Waals surface area contributed by atoms with Crippen molar-refractivity contribution in [1.29, 1.82) is 0 Å². The van der Waals surface area contributed by atoms with Crippen LogP contribution in [0.15, 0.2) is 48.5 Å². The summed E-state index contributed by atoms with van der Waals surface area (Å²) < 4.78 is 25.9. The molecule has 0 spiro atoms. The minimum Gasteiger partial charge on any atom is -0.350 e. The topological polar surface area (TPSA) is 66.5 Å². The van der Waals surface area contributed by atoms with Gasteiger partial charge in [0.15, 0.2) is 0 Å². The van der Waals surface area contributed by atoms with Crippen molar-refractivity contribution in [2.24, 2.45) is 0 Å². The van der Waals surface area contributed by atoms with Gasteiger partial charge < -0.3 is 5.32 Å². The molecular formula is C19H23ClN2O3S. The SMILES string of the molecule is CCC(C(=O)NCc1ccccc1C)N(c1cccc(Cl)c1)S(C)(=O)=O. The summed E-state index contributed by atoms with van der Waals surface area (Å²) in [4.78, 5) is 12.8. The minimum atomic E-state index is -3.67. The maximum absolute atomic E-state index is 12.8. The quantitative estimate of drug-likeness (QED) is 0.781. The van der Waals surface area contributed by atoms with E-state index in [1.807, 2.05) is 31.2 Å². The maximum Gasteiger partial charge on any atom is 0.244 e. The first-order valence-corrected chi connectivity index (χ1v) is 10.5. The van der Waals surface area contributed by atoms with Crippen molar-refractivity contribution in [1.82, 2.24) is 5.32 Å². The lowest BCUT2D eigenvalue weighted by atomic mass is 10.1. The van der Waals surface area contributed by atoms with Crippen molar-refractivity contribution in [3.05, 3.63) is 64.7 Å². The second-order valence-electron chi connectivity index (χ2n) is 6.11. The highest BCUT2D eigenvalue weighted by atomic mass is 35.5. The molecule has 0 bridgehead atoms. The summed E-state index contributed by atoms with van der Waals surface area (Å²) in [7, 11) is -3.67. The first-order chi connectivity index (χ1) is 12.2. The van der Waals surface area contributed by atoms with Crippen LogP contribution in [-0.2, 0) is 21.4 Å². The minimum absolute atomic E-state index is 0.333. The fourth-order valence-electron chi connectivity index (χ4n) is 2.78. The van der Waals surface area contributed by atoms with Gasteiger partial charge in [0, 0.05) is 11.6 Å². The monoisotopic (exact) mass is 394 g/mol. The number of anilines is 1. The molecule has 2 rings (SSSR count). The molecule has 2 aromatic carbocycles. The molecule has 0 radical (unpaired) electrons. The summed E-state index contributed by atoms with van der Waals surface area (Å²) in [6, 6.07) is 13.4. The number of sulfonamides is 1. The summed E-state index contributed by atoms with van der Waals surface area (Å²) in [5.41, 5.74) is 2.43. The van der Waals surface area contributed by atoms with E-state index in [-0.39, 0.29) is 5.91 Å². The first kappa shape index (κ1) is 20.3. The highest BCUT2D eigenvalue weighted by Crippen LogP contribution is 2.25. The summed E-state index contributed by atoms with van der Waals surface area (Å²) in [6.45, 7) is 4.09. The van der Waals surface area contributed by atoms with Gasteiger partial charge in [0.2, 0.25) is 15.9 Å². The molecule has 7 heteroatoms. The van der Waals surface area contributed by atoms with Crippen LogP contribution in [0.1, 0.15) is 24.5 Å². The van der Waals surface area contributed by atoms with Gasteiger partial charge in [-0.15, -0.1) is 0 Å². The Morgan fingerprint density at radius 3 is 2.46 bits per heavy atom. The van der Waals surface area contributed by atoms with Gasteiger partial charge in [-0.3, -0.25) is 9.10 Å². The molecule has 2 aromatic rings. The van der Waals surface area contributed by atoms with E-state index in [0.717, 1.165) is 21.7 Å². The van der Waals surface area contributed by atoms with Crippen LogP contribution in [0.5, 0.6) is 0 Å².